The number of nitrogens with two attached hydrogens (primary N) is 1. The molecule has 0 bridgehead atoms. The Morgan fingerprint density at radius 1 is 0.881 bits per heavy atom. The number of aromatic hydroxyl groups is 1. The van der Waals surface area contributed by atoms with Gasteiger partial charge in [-0.1, -0.05) is 5.04 Å². The molecule has 0 aliphatic carbocycles. The third-order valence-corrected chi connectivity index (χ3v) is 9.14. The molecule has 6 N–H and O–H groups in total. The van der Waals surface area contributed by atoms with Crippen LogP contribution in [0.2, 0.25) is 0 Å². The van der Waals surface area contributed by atoms with Gasteiger partial charge in [-0.2, -0.15) is 16.8 Å². The summed E-state index contributed by atoms with van der Waals surface area (Å²) in [7, 11) is -11.6. The van der Waals surface area contributed by atoms with E-state index in [0.717, 1.165) is 31.4 Å². The zero-order chi connectivity index (χ0) is 31.5. The van der Waals surface area contributed by atoms with Crippen molar-refractivity contribution < 1.29 is 67.8 Å². The van der Waals surface area contributed by atoms with Crippen molar-refractivity contribution in [1.82, 2.24) is 0 Å². The summed E-state index contributed by atoms with van der Waals surface area (Å²) < 4.78 is 111. The van der Waals surface area contributed by atoms with E-state index in [4.69, 9.17) is 24.6 Å². The van der Waals surface area contributed by atoms with Crippen molar-refractivity contribution >= 4 is 70.2 Å². The molecule has 0 atom stereocenters. The van der Waals surface area contributed by atoms with Crippen molar-refractivity contribution in [2.24, 2.45) is 10.2 Å². The predicted octanol–water partition coefficient (Wildman–Crippen LogP) is 2.83. The number of hydrogen-bond donors (Lipinski definition) is 5. The van der Waals surface area contributed by atoms with Crippen molar-refractivity contribution in [2.75, 3.05) is 32.3 Å². The number of rotatable bonds is 13. The van der Waals surface area contributed by atoms with Crippen LogP contribution in [0.4, 0.5) is 17.1 Å². The molecule has 42 heavy (non-hydrogen) atoms. The van der Waals surface area contributed by atoms with Crippen molar-refractivity contribution in [3.05, 3.63) is 30.3 Å². The summed E-state index contributed by atoms with van der Waals surface area (Å²) in [6.45, 7) is -0.400. The molecule has 0 saturated carbocycles. The van der Waals surface area contributed by atoms with Gasteiger partial charge in [-0.25, -0.2) is 13.7 Å². The van der Waals surface area contributed by atoms with Crippen molar-refractivity contribution in [3.63, 3.8) is 0 Å². The molecule has 0 aliphatic rings. The second-order valence-electron chi connectivity index (χ2n) is 7.85. The minimum absolute atomic E-state index is 0.169. The van der Waals surface area contributed by atoms with Crippen LogP contribution in [0.1, 0.15) is 0 Å². The first-order valence-electron chi connectivity index (χ1n) is 10.8. The van der Waals surface area contributed by atoms with Gasteiger partial charge in [0, 0.05) is 18.2 Å². The molecule has 0 unspecified atom stereocenters. The lowest BCUT2D eigenvalue weighted by molar-refractivity contribution is -0.434. The molecule has 3 rings (SSSR count). The van der Waals surface area contributed by atoms with E-state index in [1.165, 1.54) is 7.11 Å². The van der Waals surface area contributed by atoms with Gasteiger partial charge in [0.1, 0.15) is 38.4 Å². The van der Waals surface area contributed by atoms with E-state index in [-0.39, 0.29) is 45.2 Å². The Hall–Kier alpha value is -3.32. The molecule has 230 valence electrons. The molecule has 18 nitrogen and oxygen atoms in total. The number of sulfone groups is 1. The highest BCUT2D eigenvalue weighted by molar-refractivity contribution is 7.91. The lowest BCUT2D eigenvalue weighted by atomic mass is 10.1. The first kappa shape index (κ1) is 33.2. The summed E-state index contributed by atoms with van der Waals surface area (Å²) in [4.78, 5) is -2.07. The Morgan fingerprint density at radius 2 is 1.55 bits per heavy atom. The number of phenols is 1. The Kier molecular flexibility index (Phi) is 10.2. The fraction of sp³-hybridized carbons (Fsp3) is 0.200. The molecule has 0 heterocycles. The summed E-state index contributed by atoms with van der Waals surface area (Å²) in [5, 5.41) is 29.1. The highest BCUT2D eigenvalue weighted by Gasteiger charge is 2.26. The average Bonchev–Trinajstić information content (AvgIpc) is 2.90. The first-order chi connectivity index (χ1) is 19.5. The van der Waals surface area contributed by atoms with Crippen molar-refractivity contribution in [1.29, 1.82) is 0 Å². The number of phenolic OH excluding ortho intramolecular Hbond substituents is 1. The minimum Gasteiger partial charge on any atom is -0.507 e. The van der Waals surface area contributed by atoms with E-state index in [1.807, 2.05) is 0 Å². The van der Waals surface area contributed by atoms with Crippen molar-refractivity contribution in [2.45, 2.75) is 14.7 Å². The lowest BCUT2D eigenvalue weighted by Crippen LogP contribution is -2.12. The number of azo groups is 1. The van der Waals surface area contributed by atoms with Gasteiger partial charge in [0.25, 0.3) is 20.2 Å². The molecule has 0 saturated heterocycles. The third-order valence-electron chi connectivity index (χ3n) is 5.34. The van der Waals surface area contributed by atoms with Crippen LogP contribution in [0.15, 0.2) is 55.2 Å². The lowest BCUT2D eigenvalue weighted by Gasteiger charge is -2.14. The van der Waals surface area contributed by atoms with E-state index in [9.17, 15) is 39.5 Å². The Morgan fingerprint density at radius 3 is 2.12 bits per heavy atom. The van der Waals surface area contributed by atoms with Crippen LogP contribution in [-0.2, 0) is 43.6 Å². The van der Waals surface area contributed by atoms with E-state index < -0.39 is 69.3 Å². The summed E-state index contributed by atoms with van der Waals surface area (Å²) >= 11 is 0.177. The number of nitrogen functional groups attached to an aromatic ring is 1. The second kappa shape index (κ2) is 12.9. The van der Waals surface area contributed by atoms with Gasteiger partial charge in [0.05, 0.1) is 42.5 Å². The highest BCUT2D eigenvalue weighted by atomic mass is 32.2. The average molecular weight is 672 g/mol. The van der Waals surface area contributed by atoms with Crippen LogP contribution in [-0.4, -0.2) is 71.3 Å². The van der Waals surface area contributed by atoms with Gasteiger partial charge in [0.2, 0.25) is 0 Å². The molecule has 0 radical (unpaired) electrons. The molecule has 0 aliphatic heterocycles. The largest absolute Gasteiger partial charge is 0.507 e. The number of benzene rings is 3. The Labute approximate surface area is 242 Å². The molecular weight excluding hydrogens is 650 g/mol. The standard InChI is InChI=1S/C20H21N3O15S4/c1-34-14-9-16(40(26,27)4-3-36-39-38-37-25)15(35-2)8-12(14)22-23-20-18-10(6-17(19(20)21)42(31,32)33)5-11(7-13(18)24)41(28,29)30/h5-9,24-25H,3-4,21H2,1-2H3,(H,28,29,30)(H,31,32,33). The van der Waals surface area contributed by atoms with Crippen LogP contribution in [0.3, 0.4) is 0 Å². The molecule has 0 aromatic heterocycles. The number of anilines is 1. The van der Waals surface area contributed by atoms with E-state index >= 15 is 0 Å². The number of methoxy groups -OCH3 is 2. The third kappa shape index (κ3) is 7.35. The molecule has 0 spiro atoms. The van der Waals surface area contributed by atoms with E-state index in [2.05, 4.69) is 19.6 Å². The van der Waals surface area contributed by atoms with Crippen LogP contribution >= 0.6 is 12.3 Å². The van der Waals surface area contributed by atoms with Crippen LogP contribution in [0.25, 0.3) is 10.8 Å². The normalized spacial score (nSPS) is 12.7. The van der Waals surface area contributed by atoms with Gasteiger partial charge in [-0.3, -0.25) is 13.3 Å². The molecular formula is C20H21N3O15S4. The van der Waals surface area contributed by atoms with Crippen LogP contribution in [0.5, 0.6) is 17.2 Å². The van der Waals surface area contributed by atoms with Crippen molar-refractivity contribution in [3.8, 4) is 17.2 Å². The second-order valence-corrected chi connectivity index (χ2v) is 13.3. The molecule has 22 heteroatoms. The number of ether oxygens (including phenoxy) is 2. The molecule has 3 aromatic rings. The number of nitrogens with zero attached hydrogens (tertiary/aromatic N) is 2. The quantitative estimate of drug-likeness (QED) is 0.0332. The summed E-state index contributed by atoms with van der Waals surface area (Å²) in [5.74, 6) is -1.77. The maximum absolute atomic E-state index is 12.9. The van der Waals surface area contributed by atoms with E-state index in [0.29, 0.717) is 6.07 Å². The molecule has 0 fully saturated rings. The van der Waals surface area contributed by atoms with Gasteiger partial charge in [-0.15, -0.1) is 14.6 Å². The number of fused-ring (bicyclic) bond motifs is 1. The predicted molar refractivity (Wildman–Crippen MR) is 144 cm³/mol. The van der Waals surface area contributed by atoms with Gasteiger partial charge >= 0.3 is 0 Å². The Balaban J connectivity index is 2.19. The first-order valence-corrected chi connectivity index (χ1v) is 16.0. The van der Waals surface area contributed by atoms with Gasteiger partial charge in [-0.05, 0) is 17.5 Å². The minimum atomic E-state index is -5.02. The number of hydrogen-bond acceptors (Lipinski definition) is 17. The fourth-order valence-electron chi connectivity index (χ4n) is 3.53. The highest BCUT2D eigenvalue weighted by Crippen LogP contribution is 2.45. The summed E-state index contributed by atoms with van der Waals surface area (Å²) in [5.41, 5.74) is 4.52. The monoisotopic (exact) mass is 671 g/mol. The van der Waals surface area contributed by atoms with E-state index in [1.54, 1.807) is 0 Å². The topological polar surface area (TPSA) is 280 Å². The molecule has 0 amide bonds. The Bertz CT molecular complexity index is 1860. The maximum atomic E-state index is 12.9. The van der Waals surface area contributed by atoms with Gasteiger partial charge in [0.15, 0.2) is 22.2 Å². The smallest absolute Gasteiger partial charge is 0.296 e. The SMILES string of the molecule is COc1cc(S(=O)(=O)CCOSOOO)c(OC)cc1N=Nc1c(N)c(S(=O)(=O)O)cc2cc(S(=O)(=O)O)cc(O)c12. The van der Waals surface area contributed by atoms with Crippen LogP contribution in [0, 0.1) is 0 Å². The zero-order valence-electron chi connectivity index (χ0n) is 21.2. The maximum Gasteiger partial charge on any atom is 0.296 e. The zero-order valence-corrected chi connectivity index (χ0v) is 24.5. The van der Waals surface area contributed by atoms with Gasteiger partial charge < -0.3 is 20.3 Å². The summed E-state index contributed by atoms with van der Waals surface area (Å²) in [6.07, 6.45) is 0. The van der Waals surface area contributed by atoms with Crippen LogP contribution < -0.4 is 15.2 Å². The fourth-order valence-corrected chi connectivity index (χ4v) is 6.29. The molecule has 3 aromatic carbocycles. The summed E-state index contributed by atoms with van der Waals surface area (Å²) in [6, 6.07) is 4.36.